The molecule has 0 unspecified atom stereocenters. The Balaban J connectivity index is 1.31. The van der Waals surface area contributed by atoms with Gasteiger partial charge in [-0.3, -0.25) is 13.7 Å². The molecule has 51 heavy (non-hydrogen) atoms. The summed E-state index contributed by atoms with van der Waals surface area (Å²) < 4.78 is 6.34. The van der Waals surface area contributed by atoms with Crippen LogP contribution < -0.4 is 0 Å². The number of benzene rings is 4. The van der Waals surface area contributed by atoms with Gasteiger partial charge in [-0.15, -0.1) is 0 Å². The predicted molar refractivity (Wildman–Crippen MR) is 200 cm³/mol. The van der Waals surface area contributed by atoms with Crippen molar-refractivity contribution in [3.63, 3.8) is 0 Å². The van der Waals surface area contributed by atoms with Crippen molar-refractivity contribution >= 4 is 33.5 Å². The standard InChI is InChI=1S/C42H27N9/c1-4-13-31(14-5-1)49-37(46-34-19-10-22-43-40(34)49)28-25-29(38-47-35-20-11-23-44-41(35)50(38)32-15-6-2-7-16-32)27-30(26-28)39-48-36-21-12-24-45-42(36)51(39)33-17-8-3-9-18-33/h1-27H. The van der Waals surface area contributed by atoms with E-state index in [9.17, 15) is 0 Å². The molecule has 0 saturated carbocycles. The van der Waals surface area contributed by atoms with E-state index in [1.54, 1.807) is 18.6 Å². The Kier molecular flexibility index (Phi) is 6.60. The molecule has 0 fully saturated rings. The van der Waals surface area contributed by atoms with Crippen molar-refractivity contribution in [2.75, 3.05) is 0 Å². The van der Waals surface area contributed by atoms with Crippen molar-refractivity contribution in [2.24, 2.45) is 0 Å². The quantitative estimate of drug-likeness (QED) is 0.177. The first kappa shape index (κ1) is 28.7. The molecule has 9 heteroatoms. The maximum Gasteiger partial charge on any atom is 0.164 e. The molecule has 0 bridgehead atoms. The van der Waals surface area contributed by atoms with E-state index < -0.39 is 0 Å². The summed E-state index contributed by atoms with van der Waals surface area (Å²) >= 11 is 0. The van der Waals surface area contributed by atoms with Gasteiger partial charge >= 0.3 is 0 Å². The van der Waals surface area contributed by atoms with Crippen molar-refractivity contribution in [3.05, 3.63) is 164 Å². The topological polar surface area (TPSA) is 92.1 Å². The fourth-order valence-electron chi connectivity index (χ4n) is 6.80. The zero-order chi connectivity index (χ0) is 33.7. The van der Waals surface area contributed by atoms with Crippen molar-refractivity contribution in [1.29, 1.82) is 0 Å². The zero-order valence-corrected chi connectivity index (χ0v) is 27.1. The van der Waals surface area contributed by atoms with Crippen LogP contribution in [0.15, 0.2) is 164 Å². The Morgan fingerprint density at radius 3 is 0.902 bits per heavy atom. The van der Waals surface area contributed by atoms with Gasteiger partial charge in [0.25, 0.3) is 0 Å². The van der Waals surface area contributed by atoms with E-state index in [-0.39, 0.29) is 0 Å². The maximum atomic E-state index is 5.20. The molecule has 0 aliphatic heterocycles. The lowest BCUT2D eigenvalue weighted by molar-refractivity contribution is 1.06. The molecule has 4 aromatic carbocycles. The van der Waals surface area contributed by atoms with Crippen LogP contribution in [0.3, 0.4) is 0 Å². The van der Waals surface area contributed by atoms with Crippen LogP contribution in [-0.4, -0.2) is 43.6 Å². The molecule has 9 nitrogen and oxygen atoms in total. The first-order valence-corrected chi connectivity index (χ1v) is 16.6. The Morgan fingerprint density at radius 1 is 0.314 bits per heavy atom. The Hall–Kier alpha value is -7.26. The number of pyridine rings is 3. The number of fused-ring (bicyclic) bond motifs is 3. The zero-order valence-electron chi connectivity index (χ0n) is 27.1. The van der Waals surface area contributed by atoms with E-state index in [0.717, 1.165) is 84.7 Å². The van der Waals surface area contributed by atoms with Gasteiger partial charge in [-0.2, -0.15) is 0 Å². The number of imidazole rings is 3. The summed E-state index contributed by atoms with van der Waals surface area (Å²) in [5.74, 6) is 2.25. The Bertz CT molecular complexity index is 2530. The van der Waals surface area contributed by atoms with Crippen LogP contribution in [0.25, 0.3) is 84.7 Å². The Morgan fingerprint density at radius 2 is 0.608 bits per heavy atom. The lowest BCUT2D eigenvalue weighted by Gasteiger charge is -2.15. The fraction of sp³-hybridized carbons (Fsp3) is 0. The molecule has 6 aromatic heterocycles. The molecule has 10 aromatic rings. The summed E-state index contributed by atoms with van der Waals surface area (Å²) in [6.45, 7) is 0. The van der Waals surface area contributed by atoms with Gasteiger partial charge in [-0.1, -0.05) is 54.6 Å². The van der Waals surface area contributed by atoms with E-state index in [1.165, 1.54) is 0 Å². The normalized spacial score (nSPS) is 11.5. The highest BCUT2D eigenvalue weighted by Gasteiger charge is 2.23. The molecule has 0 amide bonds. The third-order valence-corrected chi connectivity index (χ3v) is 9.00. The SMILES string of the molecule is c1ccc(-n2c(-c3cc(-c4nc5cccnc5n4-c4ccccc4)cc(-c4nc5cccnc5n4-c4ccccc4)c3)nc3cccnc32)cc1. The van der Waals surface area contributed by atoms with Gasteiger partial charge in [0, 0.05) is 52.3 Å². The lowest BCUT2D eigenvalue weighted by atomic mass is 10.0. The molecule has 0 atom stereocenters. The number of aromatic nitrogens is 9. The van der Waals surface area contributed by atoms with Gasteiger partial charge in [-0.05, 0) is 91.0 Å². The lowest BCUT2D eigenvalue weighted by Crippen LogP contribution is -2.02. The first-order chi connectivity index (χ1) is 25.3. The van der Waals surface area contributed by atoms with Gasteiger partial charge in [0.15, 0.2) is 16.9 Å². The highest BCUT2D eigenvalue weighted by molar-refractivity contribution is 5.88. The maximum absolute atomic E-state index is 5.20. The predicted octanol–water partition coefficient (Wildman–Crippen LogP) is 8.89. The largest absolute Gasteiger partial charge is 0.277 e. The Labute approximate surface area is 291 Å². The van der Waals surface area contributed by atoms with E-state index in [4.69, 9.17) is 29.9 Å². The number of hydrogen-bond donors (Lipinski definition) is 0. The van der Waals surface area contributed by atoms with Crippen LogP contribution in [-0.2, 0) is 0 Å². The first-order valence-electron chi connectivity index (χ1n) is 16.6. The fourth-order valence-corrected chi connectivity index (χ4v) is 6.80. The van der Waals surface area contributed by atoms with Crippen molar-refractivity contribution < 1.29 is 0 Å². The van der Waals surface area contributed by atoms with E-state index in [0.29, 0.717) is 0 Å². The average molecular weight is 658 g/mol. The van der Waals surface area contributed by atoms with Crippen molar-refractivity contribution in [1.82, 2.24) is 43.6 Å². The molecular formula is C42H27N9. The van der Waals surface area contributed by atoms with E-state index >= 15 is 0 Å². The van der Waals surface area contributed by atoms with E-state index in [1.807, 2.05) is 91.0 Å². The third-order valence-electron chi connectivity index (χ3n) is 9.00. The van der Waals surface area contributed by atoms with Crippen molar-refractivity contribution in [3.8, 4) is 51.2 Å². The summed E-state index contributed by atoms with van der Waals surface area (Å²) in [6, 6.07) is 48.8. The van der Waals surface area contributed by atoms with Crippen LogP contribution in [0.4, 0.5) is 0 Å². The van der Waals surface area contributed by atoms with Crippen LogP contribution in [0.1, 0.15) is 0 Å². The number of hydrogen-bond acceptors (Lipinski definition) is 6. The van der Waals surface area contributed by atoms with Gasteiger partial charge in [0.05, 0.1) is 0 Å². The molecule has 240 valence electrons. The number of para-hydroxylation sites is 3. The van der Waals surface area contributed by atoms with Crippen molar-refractivity contribution in [2.45, 2.75) is 0 Å². The molecule has 0 aliphatic carbocycles. The van der Waals surface area contributed by atoms with Gasteiger partial charge < -0.3 is 0 Å². The second-order valence-electron chi connectivity index (χ2n) is 12.2. The van der Waals surface area contributed by atoms with Gasteiger partial charge in [0.1, 0.15) is 34.0 Å². The van der Waals surface area contributed by atoms with Crippen LogP contribution >= 0.6 is 0 Å². The smallest absolute Gasteiger partial charge is 0.164 e. The molecule has 0 N–H and O–H groups in total. The summed E-state index contributed by atoms with van der Waals surface area (Å²) in [7, 11) is 0. The molecule has 6 heterocycles. The van der Waals surface area contributed by atoms with E-state index in [2.05, 4.69) is 68.3 Å². The average Bonchev–Trinajstić information content (AvgIpc) is 3.91. The summed E-state index contributed by atoms with van der Waals surface area (Å²) in [4.78, 5) is 29.9. The molecule has 0 spiro atoms. The highest BCUT2D eigenvalue weighted by Crippen LogP contribution is 2.38. The molecule has 0 aliphatic rings. The third kappa shape index (κ3) is 4.79. The molecule has 10 rings (SSSR count). The summed E-state index contributed by atoms with van der Waals surface area (Å²) in [5, 5.41) is 0. The molecule has 0 radical (unpaired) electrons. The second-order valence-corrected chi connectivity index (χ2v) is 12.2. The molecular weight excluding hydrogens is 631 g/mol. The highest BCUT2D eigenvalue weighted by atomic mass is 15.2. The van der Waals surface area contributed by atoms with Crippen LogP contribution in [0, 0.1) is 0 Å². The van der Waals surface area contributed by atoms with Crippen LogP contribution in [0.2, 0.25) is 0 Å². The van der Waals surface area contributed by atoms with Crippen LogP contribution in [0.5, 0.6) is 0 Å². The number of nitrogens with zero attached hydrogens (tertiary/aromatic N) is 9. The van der Waals surface area contributed by atoms with Gasteiger partial charge in [-0.25, -0.2) is 29.9 Å². The minimum Gasteiger partial charge on any atom is -0.277 e. The second kappa shape index (κ2) is 11.7. The minimum absolute atomic E-state index is 0.749. The van der Waals surface area contributed by atoms with Gasteiger partial charge in [0.2, 0.25) is 0 Å². The number of rotatable bonds is 6. The minimum atomic E-state index is 0.749. The monoisotopic (exact) mass is 657 g/mol. The molecule has 0 saturated heterocycles. The summed E-state index contributed by atoms with van der Waals surface area (Å²) in [6.07, 6.45) is 5.42. The summed E-state index contributed by atoms with van der Waals surface area (Å²) in [5.41, 5.74) is 10.2.